The normalized spacial score (nSPS) is 19.0. The van der Waals surface area contributed by atoms with Gasteiger partial charge in [-0.25, -0.2) is 9.97 Å². The number of aromatic nitrogens is 2. The van der Waals surface area contributed by atoms with Crippen molar-refractivity contribution in [1.82, 2.24) is 14.9 Å². The Balaban J connectivity index is 1.59. The van der Waals surface area contributed by atoms with E-state index in [1.807, 2.05) is 42.2 Å². The number of methoxy groups -OCH3 is 1. The summed E-state index contributed by atoms with van der Waals surface area (Å²) in [5, 5.41) is 12.3. The van der Waals surface area contributed by atoms with Crippen molar-refractivity contribution in [3.05, 3.63) is 36.5 Å². The highest BCUT2D eigenvalue weighted by molar-refractivity contribution is 5.69. The zero-order valence-corrected chi connectivity index (χ0v) is 15.1. The minimum absolute atomic E-state index is 0.0946. The Morgan fingerprint density at radius 3 is 2.65 bits per heavy atom. The zero-order valence-electron chi connectivity index (χ0n) is 15.1. The molecule has 1 heterocycles. The number of carboxylic acids is 1. The van der Waals surface area contributed by atoms with Gasteiger partial charge in [-0.15, -0.1) is 0 Å². The molecule has 0 atom stereocenters. The quantitative estimate of drug-likeness (QED) is 0.751. The fourth-order valence-electron chi connectivity index (χ4n) is 3.21. The largest absolute Gasteiger partial charge is 0.497 e. The predicted octanol–water partition coefficient (Wildman–Crippen LogP) is 2.50. The molecule has 1 aliphatic rings. The molecule has 26 heavy (non-hydrogen) atoms. The maximum Gasteiger partial charge on any atom is 0.317 e. The number of likely N-dealkylation sites (N-methyl/N-ethyl adjacent to an activating group) is 1. The molecule has 0 spiro atoms. The van der Waals surface area contributed by atoms with Crippen LogP contribution in [0.2, 0.25) is 0 Å². The Kier molecular flexibility index (Phi) is 5.68. The molecule has 0 aliphatic heterocycles. The van der Waals surface area contributed by atoms with Crippen LogP contribution in [0.5, 0.6) is 5.75 Å². The molecule has 0 radical (unpaired) electrons. The summed E-state index contributed by atoms with van der Waals surface area (Å²) in [7, 11) is 1.64. The molecule has 2 aromatic rings. The number of hydrogen-bond donors (Lipinski definition) is 2. The monoisotopic (exact) mass is 356 g/mol. The second-order valence-corrected chi connectivity index (χ2v) is 6.42. The minimum Gasteiger partial charge on any atom is -0.497 e. The molecule has 0 saturated heterocycles. The van der Waals surface area contributed by atoms with Crippen LogP contribution < -0.4 is 10.1 Å². The summed E-state index contributed by atoms with van der Waals surface area (Å²) >= 11 is 0. The van der Waals surface area contributed by atoms with E-state index in [-0.39, 0.29) is 12.6 Å². The van der Waals surface area contributed by atoms with Gasteiger partial charge in [0.25, 0.3) is 0 Å². The lowest BCUT2D eigenvalue weighted by molar-refractivity contribution is -0.139. The molecule has 2 N–H and O–H groups in total. The number of ether oxygens (including phenoxy) is 1. The number of nitrogens with one attached hydrogen (secondary N) is 1. The molecule has 1 aromatic heterocycles. The Morgan fingerprint density at radius 2 is 2.04 bits per heavy atom. The van der Waals surface area contributed by atoms with Gasteiger partial charge in [-0.05, 0) is 49.7 Å². The summed E-state index contributed by atoms with van der Waals surface area (Å²) < 4.78 is 5.18. The zero-order chi connectivity index (χ0) is 18.5. The van der Waals surface area contributed by atoms with Crippen LogP contribution >= 0.6 is 0 Å². The first kappa shape index (κ1) is 18.1. The van der Waals surface area contributed by atoms with E-state index in [1.54, 1.807) is 13.3 Å². The molecule has 1 aromatic carbocycles. The molecule has 1 fully saturated rings. The minimum atomic E-state index is -0.779. The molecule has 138 valence electrons. The van der Waals surface area contributed by atoms with Crippen LogP contribution in [-0.2, 0) is 4.79 Å². The van der Waals surface area contributed by atoms with Gasteiger partial charge in [0.2, 0.25) is 5.95 Å². The first-order chi connectivity index (χ1) is 12.6. The highest BCUT2D eigenvalue weighted by Crippen LogP contribution is 2.28. The van der Waals surface area contributed by atoms with Gasteiger partial charge in [0.1, 0.15) is 5.75 Å². The number of benzene rings is 1. The van der Waals surface area contributed by atoms with Gasteiger partial charge < -0.3 is 15.2 Å². The van der Waals surface area contributed by atoms with E-state index in [0.29, 0.717) is 12.0 Å². The van der Waals surface area contributed by atoms with Crippen molar-refractivity contribution in [3.8, 4) is 17.0 Å². The smallest absolute Gasteiger partial charge is 0.317 e. The number of rotatable bonds is 8. The van der Waals surface area contributed by atoms with E-state index in [1.165, 1.54) is 0 Å². The fourth-order valence-corrected chi connectivity index (χ4v) is 3.21. The maximum absolute atomic E-state index is 10.9. The van der Waals surface area contributed by atoms with Gasteiger partial charge in [0.15, 0.2) is 0 Å². The second kappa shape index (κ2) is 8.14. The van der Waals surface area contributed by atoms with Crippen molar-refractivity contribution in [2.75, 3.05) is 25.5 Å². The topological polar surface area (TPSA) is 87.6 Å². The van der Waals surface area contributed by atoms with E-state index < -0.39 is 5.97 Å². The van der Waals surface area contributed by atoms with E-state index in [9.17, 15) is 4.79 Å². The average molecular weight is 356 g/mol. The van der Waals surface area contributed by atoms with Crippen LogP contribution in [0.3, 0.4) is 0 Å². The Morgan fingerprint density at radius 1 is 1.31 bits per heavy atom. The summed E-state index contributed by atoms with van der Waals surface area (Å²) in [6, 6.07) is 10.2. The number of hydrogen-bond acceptors (Lipinski definition) is 6. The van der Waals surface area contributed by atoms with Gasteiger partial charge in [-0.3, -0.25) is 9.69 Å². The first-order valence-electron chi connectivity index (χ1n) is 8.79. The van der Waals surface area contributed by atoms with Crippen LogP contribution in [-0.4, -0.2) is 58.2 Å². The molecule has 3 rings (SSSR count). The summed E-state index contributed by atoms with van der Waals surface area (Å²) in [6.45, 7) is 2.83. The summed E-state index contributed by atoms with van der Waals surface area (Å²) in [5.41, 5.74) is 1.85. The molecule has 0 unspecified atom stereocenters. The van der Waals surface area contributed by atoms with Gasteiger partial charge in [-0.1, -0.05) is 6.92 Å². The Hall–Kier alpha value is -2.67. The second-order valence-electron chi connectivity index (χ2n) is 6.42. The maximum atomic E-state index is 10.9. The molecule has 0 bridgehead atoms. The lowest BCUT2D eigenvalue weighted by Gasteiger charge is -2.42. The van der Waals surface area contributed by atoms with E-state index in [4.69, 9.17) is 9.84 Å². The number of carboxylic acid groups (broad SMARTS) is 1. The van der Waals surface area contributed by atoms with E-state index >= 15 is 0 Å². The molecular weight excluding hydrogens is 332 g/mol. The van der Waals surface area contributed by atoms with Gasteiger partial charge in [0.05, 0.1) is 19.3 Å². The fraction of sp³-hybridized carbons (Fsp3) is 0.421. The van der Waals surface area contributed by atoms with Crippen LogP contribution in [0.4, 0.5) is 5.95 Å². The molecule has 7 heteroatoms. The van der Waals surface area contributed by atoms with Crippen molar-refractivity contribution >= 4 is 11.9 Å². The summed E-state index contributed by atoms with van der Waals surface area (Å²) in [6.07, 6.45) is 3.54. The highest BCUT2D eigenvalue weighted by atomic mass is 16.5. The highest BCUT2D eigenvalue weighted by Gasteiger charge is 2.34. The van der Waals surface area contributed by atoms with E-state index in [2.05, 4.69) is 15.3 Å². The SMILES string of the molecule is CCN(CC(=O)O)C1CC(Nc2nccc(-c3ccc(OC)cc3)n2)C1. The van der Waals surface area contributed by atoms with Crippen LogP contribution in [0.25, 0.3) is 11.3 Å². The third kappa shape index (κ3) is 4.29. The average Bonchev–Trinajstić information content (AvgIpc) is 2.63. The van der Waals surface area contributed by atoms with Crippen LogP contribution in [0.15, 0.2) is 36.5 Å². The molecule has 1 aliphatic carbocycles. The first-order valence-corrected chi connectivity index (χ1v) is 8.79. The number of anilines is 1. The lowest BCUT2D eigenvalue weighted by atomic mass is 9.85. The Labute approximate surface area is 153 Å². The van der Waals surface area contributed by atoms with Crippen molar-refractivity contribution in [2.24, 2.45) is 0 Å². The number of nitrogens with zero attached hydrogens (tertiary/aromatic N) is 3. The third-order valence-corrected chi connectivity index (χ3v) is 4.75. The van der Waals surface area contributed by atoms with Gasteiger partial charge in [0, 0.05) is 23.8 Å². The predicted molar refractivity (Wildman–Crippen MR) is 99.3 cm³/mol. The van der Waals surface area contributed by atoms with Crippen molar-refractivity contribution in [3.63, 3.8) is 0 Å². The molecule has 0 amide bonds. The summed E-state index contributed by atoms with van der Waals surface area (Å²) in [4.78, 5) is 21.8. The number of aliphatic carboxylic acids is 1. The van der Waals surface area contributed by atoms with Crippen LogP contribution in [0.1, 0.15) is 19.8 Å². The molecular formula is C19H24N4O3. The lowest BCUT2D eigenvalue weighted by Crippen LogP contribution is -2.51. The molecule has 1 saturated carbocycles. The van der Waals surface area contributed by atoms with Gasteiger partial charge >= 0.3 is 5.97 Å². The molecule has 7 nitrogen and oxygen atoms in total. The summed E-state index contributed by atoms with van der Waals surface area (Å²) in [5.74, 6) is 0.630. The standard InChI is InChI=1S/C19H24N4O3/c1-3-23(12-18(24)25)15-10-14(11-15)21-19-20-9-8-17(22-19)13-4-6-16(26-2)7-5-13/h4-9,14-15H,3,10-12H2,1-2H3,(H,24,25)(H,20,21,22). The Bertz CT molecular complexity index is 745. The third-order valence-electron chi connectivity index (χ3n) is 4.75. The van der Waals surface area contributed by atoms with Crippen LogP contribution in [0, 0.1) is 0 Å². The van der Waals surface area contributed by atoms with Gasteiger partial charge in [-0.2, -0.15) is 0 Å². The van der Waals surface area contributed by atoms with Crippen molar-refractivity contribution in [1.29, 1.82) is 0 Å². The number of carbonyl (C=O) groups is 1. The van der Waals surface area contributed by atoms with E-state index in [0.717, 1.165) is 36.4 Å². The van der Waals surface area contributed by atoms with Crippen molar-refractivity contribution in [2.45, 2.75) is 31.8 Å². The van der Waals surface area contributed by atoms with Crippen molar-refractivity contribution < 1.29 is 14.6 Å².